The summed E-state index contributed by atoms with van der Waals surface area (Å²) < 4.78 is 5.45. The van der Waals surface area contributed by atoms with Crippen LogP contribution in [0.5, 0.6) is 0 Å². The summed E-state index contributed by atoms with van der Waals surface area (Å²) in [4.78, 5) is 28.4. The first-order chi connectivity index (χ1) is 12.9. The topological polar surface area (TPSA) is 75.9 Å². The molecule has 1 aliphatic heterocycles. The fourth-order valence-electron chi connectivity index (χ4n) is 3.29. The van der Waals surface area contributed by atoms with Crippen LogP contribution >= 0.6 is 0 Å². The van der Waals surface area contributed by atoms with Gasteiger partial charge in [0.25, 0.3) is 0 Å². The van der Waals surface area contributed by atoms with Gasteiger partial charge in [-0.15, -0.1) is 0 Å². The van der Waals surface area contributed by atoms with E-state index in [9.17, 15) is 9.59 Å². The Balaban J connectivity index is 1.78. The van der Waals surface area contributed by atoms with E-state index in [1.165, 1.54) is 0 Å². The molecule has 6 heteroatoms. The number of carbonyl (C=O) groups is 2. The molecule has 1 aromatic rings. The van der Waals surface area contributed by atoms with E-state index in [1.807, 2.05) is 56.0 Å². The first-order valence-corrected chi connectivity index (χ1v) is 9.92. The highest BCUT2D eigenvalue weighted by molar-refractivity contribution is 5.82. The van der Waals surface area contributed by atoms with E-state index in [-0.39, 0.29) is 24.5 Å². The average Bonchev–Trinajstić information content (AvgIpc) is 2.70. The number of rotatable bonds is 7. The van der Waals surface area contributed by atoms with Crippen molar-refractivity contribution < 1.29 is 14.3 Å². The molecule has 1 fully saturated rings. The summed E-state index contributed by atoms with van der Waals surface area (Å²) in [6.45, 7) is 8.89. The van der Waals surface area contributed by atoms with E-state index < -0.39 is 6.04 Å². The molecule has 0 saturated carbocycles. The molecular weight excluding hydrogens is 342 g/mol. The van der Waals surface area contributed by atoms with E-state index in [0.29, 0.717) is 32.1 Å². The molecule has 2 rings (SSSR count). The Hall–Kier alpha value is -2.08. The van der Waals surface area contributed by atoms with Crippen molar-refractivity contribution in [2.75, 3.05) is 26.2 Å². The summed E-state index contributed by atoms with van der Waals surface area (Å²) in [5.41, 5.74) is 6.97. The van der Waals surface area contributed by atoms with Gasteiger partial charge in [-0.05, 0) is 37.2 Å². The number of benzene rings is 1. The largest absolute Gasteiger partial charge is 0.445 e. The number of hydrogen-bond donors (Lipinski definition) is 1. The van der Waals surface area contributed by atoms with Gasteiger partial charge in [0.2, 0.25) is 5.91 Å². The molecule has 1 aromatic carbocycles. The highest BCUT2D eigenvalue weighted by Crippen LogP contribution is 2.20. The van der Waals surface area contributed by atoms with Gasteiger partial charge >= 0.3 is 6.09 Å². The van der Waals surface area contributed by atoms with Crippen LogP contribution in [0.3, 0.4) is 0 Å². The van der Waals surface area contributed by atoms with Crippen LogP contribution in [0.2, 0.25) is 0 Å². The smallest absolute Gasteiger partial charge is 0.410 e. The minimum atomic E-state index is -0.429. The number of carbonyl (C=O) groups excluding carboxylic acids is 2. The van der Waals surface area contributed by atoms with E-state index >= 15 is 0 Å². The standard InChI is InChI=1S/C21H33N3O3/c1-4-23(21(26)27-15-18-8-6-5-7-9-18)14-17-10-12-24(13-11-17)20(25)19(22)16(2)3/h5-9,16-17,19H,4,10-15,22H2,1-3H3. The monoisotopic (exact) mass is 375 g/mol. The molecule has 1 saturated heterocycles. The maximum absolute atomic E-state index is 12.4. The Morgan fingerprint density at radius 3 is 2.41 bits per heavy atom. The summed E-state index contributed by atoms with van der Waals surface area (Å²) in [5, 5.41) is 0. The van der Waals surface area contributed by atoms with Gasteiger partial charge in [0.15, 0.2) is 0 Å². The SMILES string of the molecule is CCN(CC1CCN(C(=O)C(N)C(C)C)CC1)C(=O)OCc1ccccc1. The quantitative estimate of drug-likeness (QED) is 0.795. The van der Waals surface area contributed by atoms with Crippen LogP contribution < -0.4 is 5.73 Å². The van der Waals surface area contributed by atoms with Gasteiger partial charge < -0.3 is 20.3 Å². The molecule has 0 radical (unpaired) electrons. The molecule has 27 heavy (non-hydrogen) atoms. The second-order valence-electron chi connectivity index (χ2n) is 7.62. The highest BCUT2D eigenvalue weighted by Gasteiger charge is 2.29. The lowest BCUT2D eigenvalue weighted by Gasteiger charge is -2.36. The van der Waals surface area contributed by atoms with Gasteiger partial charge in [0.1, 0.15) is 6.61 Å². The van der Waals surface area contributed by atoms with E-state index in [2.05, 4.69) is 0 Å². The van der Waals surface area contributed by atoms with Gasteiger partial charge in [0, 0.05) is 26.2 Å². The Morgan fingerprint density at radius 1 is 1.22 bits per heavy atom. The second-order valence-corrected chi connectivity index (χ2v) is 7.62. The molecule has 1 aliphatic rings. The number of ether oxygens (including phenoxy) is 1. The molecule has 150 valence electrons. The maximum atomic E-state index is 12.4. The lowest BCUT2D eigenvalue weighted by molar-refractivity contribution is -0.135. The second kappa shape index (κ2) is 10.3. The minimum absolute atomic E-state index is 0.0399. The number of likely N-dealkylation sites (tertiary alicyclic amines) is 1. The van der Waals surface area contributed by atoms with Crippen molar-refractivity contribution >= 4 is 12.0 Å². The van der Waals surface area contributed by atoms with Crippen LogP contribution in [-0.4, -0.2) is 54.0 Å². The zero-order valence-corrected chi connectivity index (χ0v) is 16.8. The summed E-state index contributed by atoms with van der Waals surface area (Å²) in [5.74, 6) is 0.566. The normalized spacial score (nSPS) is 16.3. The number of nitrogens with two attached hydrogens (primary N) is 1. The van der Waals surface area contributed by atoms with Crippen molar-refractivity contribution in [3.05, 3.63) is 35.9 Å². The molecule has 2 N–H and O–H groups in total. The molecule has 1 unspecified atom stereocenters. The summed E-state index contributed by atoms with van der Waals surface area (Å²) in [7, 11) is 0. The van der Waals surface area contributed by atoms with Crippen LogP contribution in [0.15, 0.2) is 30.3 Å². The number of piperidine rings is 1. The third-order valence-corrected chi connectivity index (χ3v) is 5.25. The third kappa shape index (κ3) is 6.24. The first-order valence-electron chi connectivity index (χ1n) is 9.92. The fourth-order valence-corrected chi connectivity index (χ4v) is 3.29. The van der Waals surface area contributed by atoms with E-state index in [1.54, 1.807) is 4.90 Å². The summed E-state index contributed by atoms with van der Waals surface area (Å²) >= 11 is 0. The van der Waals surface area contributed by atoms with Crippen LogP contribution in [0.4, 0.5) is 4.79 Å². The number of nitrogens with zero attached hydrogens (tertiary/aromatic N) is 2. The van der Waals surface area contributed by atoms with Gasteiger partial charge in [-0.1, -0.05) is 44.2 Å². The van der Waals surface area contributed by atoms with Crippen molar-refractivity contribution in [1.82, 2.24) is 9.80 Å². The van der Waals surface area contributed by atoms with Crippen molar-refractivity contribution in [3.63, 3.8) is 0 Å². The van der Waals surface area contributed by atoms with E-state index in [4.69, 9.17) is 10.5 Å². The van der Waals surface area contributed by atoms with Gasteiger partial charge in [0.05, 0.1) is 6.04 Å². The molecule has 2 amide bonds. The maximum Gasteiger partial charge on any atom is 0.410 e. The van der Waals surface area contributed by atoms with Gasteiger partial charge in [-0.25, -0.2) is 4.79 Å². The zero-order valence-electron chi connectivity index (χ0n) is 16.8. The lowest BCUT2D eigenvalue weighted by atomic mass is 9.94. The Kier molecular flexibility index (Phi) is 8.10. The molecule has 6 nitrogen and oxygen atoms in total. The van der Waals surface area contributed by atoms with Crippen LogP contribution in [0.25, 0.3) is 0 Å². The first kappa shape index (κ1) is 21.2. The van der Waals surface area contributed by atoms with Crippen molar-refractivity contribution in [1.29, 1.82) is 0 Å². The zero-order chi connectivity index (χ0) is 19.8. The fraction of sp³-hybridized carbons (Fsp3) is 0.619. The summed E-state index contributed by atoms with van der Waals surface area (Å²) in [6.07, 6.45) is 1.50. The Labute approximate surface area is 162 Å². The molecule has 0 bridgehead atoms. The molecule has 1 heterocycles. The van der Waals surface area contributed by atoms with Crippen LogP contribution in [0.1, 0.15) is 39.2 Å². The molecule has 0 aromatic heterocycles. The Bertz CT molecular complexity index is 598. The molecule has 1 atom stereocenters. The predicted molar refractivity (Wildman–Crippen MR) is 106 cm³/mol. The van der Waals surface area contributed by atoms with Crippen LogP contribution in [-0.2, 0) is 16.1 Å². The minimum Gasteiger partial charge on any atom is -0.445 e. The highest BCUT2D eigenvalue weighted by atomic mass is 16.6. The van der Waals surface area contributed by atoms with Crippen molar-refractivity contribution in [3.8, 4) is 0 Å². The van der Waals surface area contributed by atoms with Crippen molar-refractivity contribution in [2.45, 2.75) is 46.3 Å². The van der Waals surface area contributed by atoms with Crippen LogP contribution in [0, 0.1) is 11.8 Å². The molecule has 0 aliphatic carbocycles. The molecular formula is C21H33N3O3. The Morgan fingerprint density at radius 2 is 1.85 bits per heavy atom. The van der Waals surface area contributed by atoms with E-state index in [0.717, 1.165) is 18.4 Å². The third-order valence-electron chi connectivity index (χ3n) is 5.25. The number of amides is 2. The van der Waals surface area contributed by atoms with Gasteiger partial charge in [-0.3, -0.25) is 4.79 Å². The lowest BCUT2D eigenvalue weighted by Crippen LogP contribution is -2.50. The predicted octanol–water partition coefficient (Wildman–Crippen LogP) is 2.87. The molecule has 0 spiro atoms. The van der Waals surface area contributed by atoms with Gasteiger partial charge in [-0.2, -0.15) is 0 Å². The number of hydrogen-bond acceptors (Lipinski definition) is 4. The summed E-state index contributed by atoms with van der Waals surface area (Å²) in [6, 6.07) is 9.26. The average molecular weight is 376 g/mol. The van der Waals surface area contributed by atoms with Crippen molar-refractivity contribution in [2.24, 2.45) is 17.6 Å².